The highest BCUT2D eigenvalue weighted by molar-refractivity contribution is 5.80. The molecule has 3 rings (SSSR count). The van der Waals surface area contributed by atoms with Gasteiger partial charge in [0.25, 0.3) is 0 Å². The number of aliphatic imine (C=N–C) groups is 1. The highest BCUT2D eigenvalue weighted by Gasteiger charge is 2.40. The van der Waals surface area contributed by atoms with Gasteiger partial charge in [-0.15, -0.1) is 0 Å². The van der Waals surface area contributed by atoms with E-state index >= 15 is 0 Å². The topological polar surface area (TPSA) is 36.4 Å². The smallest absolute Gasteiger partial charge is 0.191 e. The Bertz CT molecular complexity index is 713. The standard InChI is InChI=1S/C19H21F2N3/c1-2-22-19(23-12-13-7-9-14(20)10-8-13)24-18-11-16(18)15-5-3-4-6-17(15)21/h3-10,16,18H,2,11-12H2,1H3,(H2,22,23,24). The van der Waals surface area contributed by atoms with E-state index in [0.29, 0.717) is 12.5 Å². The molecule has 0 saturated heterocycles. The summed E-state index contributed by atoms with van der Waals surface area (Å²) in [6.45, 7) is 3.20. The van der Waals surface area contributed by atoms with E-state index in [9.17, 15) is 8.78 Å². The van der Waals surface area contributed by atoms with E-state index in [0.717, 1.165) is 24.1 Å². The second-order valence-electron chi connectivity index (χ2n) is 5.94. The lowest BCUT2D eigenvalue weighted by molar-refractivity contribution is 0.607. The molecule has 1 aliphatic rings. The van der Waals surface area contributed by atoms with Crippen molar-refractivity contribution >= 4 is 5.96 Å². The van der Waals surface area contributed by atoms with Crippen molar-refractivity contribution in [1.82, 2.24) is 10.6 Å². The molecule has 1 fully saturated rings. The van der Waals surface area contributed by atoms with E-state index in [2.05, 4.69) is 15.6 Å². The number of nitrogens with one attached hydrogen (secondary N) is 2. The number of hydrogen-bond donors (Lipinski definition) is 2. The molecule has 0 bridgehead atoms. The molecule has 3 nitrogen and oxygen atoms in total. The Morgan fingerprint density at radius 3 is 2.58 bits per heavy atom. The van der Waals surface area contributed by atoms with Gasteiger partial charge in [-0.2, -0.15) is 0 Å². The van der Waals surface area contributed by atoms with Crippen LogP contribution in [0, 0.1) is 11.6 Å². The minimum atomic E-state index is -0.251. The second kappa shape index (κ2) is 7.43. The summed E-state index contributed by atoms with van der Waals surface area (Å²) in [7, 11) is 0. The zero-order chi connectivity index (χ0) is 16.9. The van der Waals surface area contributed by atoms with Gasteiger partial charge >= 0.3 is 0 Å². The van der Waals surface area contributed by atoms with Crippen molar-refractivity contribution in [3.05, 3.63) is 71.3 Å². The van der Waals surface area contributed by atoms with Crippen LogP contribution in [-0.4, -0.2) is 18.5 Å². The van der Waals surface area contributed by atoms with Crippen molar-refractivity contribution in [2.45, 2.75) is 31.8 Å². The van der Waals surface area contributed by atoms with E-state index in [1.54, 1.807) is 18.2 Å². The molecule has 1 aliphatic carbocycles. The van der Waals surface area contributed by atoms with Crippen LogP contribution in [-0.2, 0) is 6.54 Å². The third-order valence-corrected chi connectivity index (χ3v) is 4.09. The van der Waals surface area contributed by atoms with Crippen molar-refractivity contribution in [3.63, 3.8) is 0 Å². The van der Waals surface area contributed by atoms with Gasteiger partial charge in [-0.1, -0.05) is 30.3 Å². The first kappa shape index (κ1) is 16.4. The van der Waals surface area contributed by atoms with Gasteiger partial charge < -0.3 is 10.6 Å². The molecule has 0 spiro atoms. The lowest BCUT2D eigenvalue weighted by Crippen LogP contribution is -2.39. The molecule has 0 aromatic heterocycles. The molecule has 0 amide bonds. The minimum absolute atomic E-state index is 0.153. The summed E-state index contributed by atoms with van der Waals surface area (Å²) in [6.07, 6.45) is 0.891. The Labute approximate surface area is 140 Å². The number of halogens is 2. The fourth-order valence-corrected chi connectivity index (χ4v) is 2.73. The fourth-order valence-electron chi connectivity index (χ4n) is 2.73. The van der Waals surface area contributed by atoms with Gasteiger partial charge in [0.1, 0.15) is 11.6 Å². The van der Waals surface area contributed by atoms with Crippen molar-refractivity contribution in [3.8, 4) is 0 Å². The second-order valence-corrected chi connectivity index (χ2v) is 5.94. The summed E-state index contributed by atoms with van der Waals surface area (Å²) in [6, 6.07) is 13.4. The van der Waals surface area contributed by atoms with E-state index in [1.807, 2.05) is 19.1 Å². The van der Waals surface area contributed by atoms with Crippen molar-refractivity contribution in [2.75, 3.05) is 6.54 Å². The predicted molar refractivity (Wildman–Crippen MR) is 91.9 cm³/mol. The lowest BCUT2D eigenvalue weighted by Gasteiger charge is -2.11. The first-order valence-electron chi connectivity index (χ1n) is 8.21. The van der Waals surface area contributed by atoms with Crippen molar-refractivity contribution < 1.29 is 8.78 Å². The summed E-state index contributed by atoms with van der Waals surface area (Å²) in [5.41, 5.74) is 1.69. The van der Waals surface area contributed by atoms with E-state index in [-0.39, 0.29) is 23.6 Å². The van der Waals surface area contributed by atoms with E-state index in [4.69, 9.17) is 0 Å². The minimum Gasteiger partial charge on any atom is -0.357 e. The van der Waals surface area contributed by atoms with Crippen LogP contribution in [0.3, 0.4) is 0 Å². The third kappa shape index (κ3) is 4.10. The molecular formula is C19H21F2N3. The SMILES string of the molecule is CCNC(=NCc1ccc(F)cc1)NC1CC1c1ccccc1F. The maximum atomic E-state index is 13.8. The van der Waals surface area contributed by atoms with Crippen LogP contribution >= 0.6 is 0 Å². The van der Waals surface area contributed by atoms with Crippen LogP contribution in [0.25, 0.3) is 0 Å². The molecule has 2 aromatic carbocycles. The average molecular weight is 329 g/mol. The Morgan fingerprint density at radius 1 is 1.12 bits per heavy atom. The molecule has 2 N–H and O–H groups in total. The van der Waals surface area contributed by atoms with Gasteiger partial charge in [0.05, 0.1) is 6.54 Å². The summed E-state index contributed by atoms with van der Waals surface area (Å²) >= 11 is 0. The van der Waals surface area contributed by atoms with Crippen LogP contribution in [0.4, 0.5) is 8.78 Å². The molecule has 5 heteroatoms. The molecule has 0 heterocycles. The Hall–Kier alpha value is -2.43. The first-order valence-corrected chi connectivity index (χ1v) is 8.21. The summed E-state index contributed by atoms with van der Waals surface area (Å²) in [5.74, 6) is 0.477. The number of nitrogens with zero attached hydrogens (tertiary/aromatic N) is 1. The van der Waals surface area contributed by atoms with Gasteiger partial charge in [-0.25, -0.2) is 13.8 Å². The fraction of sp³-hybridized carbons (Fsp3) is 0.316. The summed E-state index contributed by atoms with van der Waals surface area (Å²) < 4.78 is 26.8. The first-order chi connectivity index (χ1) is 11.7. The maximum absolute atomic E-state index is 13.8. The number of benzene rings is 2. The summed E-state index contributed by atoms with van der Waals surface area (Å²) in [5, 5.41) is 6.54. The van der Waals surface area contributed by atoms with E-state index < -0.39 is 0 Å². The van der Waals surface area contributed by atoms with Crippen LogP contribution in [0.1, 0.15) is 30.4 Å². The van der Waals surface area contributed by atoms with Crippen molar-refractivity contribution in [1.29, 1.82) is 0 Å². The Kier molecular flexibility index (Phi) is 5.08. The number of rotatable bonds is 5. The van der Waals surface area contributed by atoms with E-state index in [1.165, 1.54) is 18.2 Å². The highest BCUT2D eigenvalue weighted by atomic mass is 19.1. The summed E-state index contributed by atoms with van der Waals surface area (Å²) in [4.78, 5) is 4.52. The molecule has 24 heavy (non-hydrogen) atoms. The molecule has 2 unspecified atom stereocenters. The van der Waals surface area contributed by atoms with Gasteiger partial charge in [0.2, 0.25) is 0 Å². The molecular weight excluding hydrogens is 308 g/mol. The van der Waals surface area contributed by atoms with Gasteiger partial charge in [-0.3, -0.25) is 0 Å². The predicted octanol–water partition coefficient (Wildman–Crippen LogP) is 3.58. The maximum Gasteiger partial charge on any atom is 0.191 e. The largest absolute Gasteiger partial charge is 0.357 e. The third-order valence-electron chi connectivity index (χ3n) is 4.09. The van der Waals surface area contributed by atoms with Gasteiger partial charge in [0.15, 0.2) is 5.96 Å². The molecule has 1 saturated carbocycles. The number of hydrogen-bond acceptors (Lipinski definition) is 1. The van der Waals surface area contributed by atoms with Crippen LogP contribution in [0.2, 0.25) is 0 Å². The van der Waals surface area contributed by atoms with Crippen molar-refractivity contribution in [2.24, 2.45) is 4.99 Å². The van der Waals surface area contributed by atoms with Gasteiger partial charge in [0, 0.05) is 18.5 Å². The quantitative estimate of drug-likeness (QED) is 0.650. The lowest BCUT2D eigenvalue weighted by atomic mass is 10.1. The molecule has 126 valence electrons. The molecule has 0 aliphatic heterocycles. The zero-order valence-electron chi connectivity index (χ0n) is 13.6. The Balaban J connectivity index is 1.61. The van der Waals surface area contributed by atoms with Gasteiger partial charge in [-0.05, 0) is 42.7 Å². The average Bonchev–Trinajstić information content (AvgIpc) is 3.33. The normalized spacial score (nSPS) is 19.9. The number of guanidine groups is 1. The van der Waals surface area contributed by atoms with Crippen LogP contribution in [0.5, 0.6) is 0 Å². The van der Waals surface area contributed by atoms with Crippen LogP contribution < -0.4 is 10.6 Å². The highest BCUT2D eigenvalue weighted by Crippen LogP contribution is 2.41. The zero-order valence-corrected chi connectivity index (χ0v) is 13.6. The molecule has 2 atom stereocenters. The monoisotopic (exact) mass is 329 g/mol. The molecule has 2 aromatic rings. The molecule has 0 radical (unpaired) electrons. The Morgan fingerprint density at radius 2 is 1.88 bits per heavy atom. The van der Waals surface area contributed by atoms with Crippen LogP contribution in [0.15, 0.2) is 53.5 Å².